The van der Waals surface area contributed by atoms with E-state index in [2.05, 4.69) is 20.9 Å². The molecule has 0 saturated heterocycles. The number of aliphatic carboxylic acids is 1. The van der Waals surface area contributed by atoms with E-state index in [-0.39, 0.29) is 12.8 Å². The minimum absolute atomic E-state index is 0.0493. The van der Waals surface area contributed by atoms with Crippen LogP contribution in [0.4, 0.5) is 0 Å². The standard InChI is InChI=1S/C29H36N6O6/c1-16(2)25(35-26(37)20(30)12-17-8-4-3-5-9-17)28(39)33-22(14-24(31)36)27(38)34-23(29(40)41)13-18-15-32-21-11-7-6-10-19(18)21/h3-11,15-16,20,22-23,25,32H,12-14,30H2,1-2H3,(H2,31,36)(H,33,39)(H,34,38)(H,35,37)(H,40,41). The van der Waals surface area contributed by atoms with Crippen molar-refractivity contribution in [2.75, 3.05) is 0 Å². The fourth-order valence-electron chi connectivity index (χ4n) is 4.42. The summed E-state index contributed by atoms with van der Waals surface area (Å²) in [4.78, 5) is 65.9. The van der Waals surface area contributed by atoms with Crippen LogP contribution in [0, 0.1) is 5.92 Å². The number of hydrogen-bond acceptors (Lipinski definition) is 6. The van der Waals surface area contributed by atoms with Crippen molar-refractivity contribution in [1.29, 1.82) is 0 Å². The van der Waals surface area contributed by atoms with Crippen molar-refractivity contribution in [1.82, 2.24) is 20.9 Å². The Morgan fingerprint density at radius 1 is 0.829 bits per heavy atom. The molecule has 0 aliphatic carbocycles. The number of amides is 4. The third-order valence-corrected chi connectivity index (χ3v) is 6.63. The van der Waals surface area contributed by atoms with Crippen molar-refractivity contribution in [3.8, 4) is 0 Å². The smallest absolute Gasteiger partial charge is 0.326 e. The molecule has 12 nitrogen and oxygen atoms in total. The van der Waals surface area contributed by atoms with E-state index in [1.54, 1.807) is 20.0 Å². The van der Waals surface area contributed by atoms with E-state index in [0.29, 0.717) is 5.56 Å². The second kappa shape index (κ2) is 14.1. The highest BCUT2D eigenvalue weighted by Crippen LogP contribution is 2.19. The zero-order valence-electron chi connectivity index (χ0n) is 22.9. The van der Waals surface area contributed by atoms with Crippen LogP contribution in [0.2, 0.25) is 0 Å². The minimum atomic E-state index is -1.47. The number of aromatic nitrogens is 1. The van der Waals surface area contributed by atoms with Crippen molar-refractivity contribution >= 4 is 40.5 Å². The lowest BCUT2D eigenvalue weighted by molar-refractivity contribution is -0.142. The Balaban J connectivity index is 1.70. The Bertz CT molecular complexity index is 1390. The number of carbonyl (C=O) groups excluding carboxylic acids is 4. The molecule has 0 saturated carbocycles. The number of H-pyrrole nitrogens is 1. The molecule has 0 aliphatic heterocycles. The Hall–Kier alpha value is -4.71. The van der Waals surface area contributed by atoms with Crippen LogP contribution in [0.5, 0.6) is 0 Å². The van der Waals surface area contributed by atoms with Gasteiger partial charge in [0.1, 0.15) is 18.1 Å². The first-order valence-electron chi connectivity index (χ1n) is 13.2. The molecule has 41 heavy (non-hydrogen) atoms. The number of fused-ring (bicyclic) bond motifs is 1. The molecule has 0 spiro atoms. The van der Waals surface area contributed by atoms with E-state index in [9.17, 15) is 29.1 Å². The normalized spacial score (nSPS) is 14.0. The zero-order chi connectivity index (χ0) is 30.1. The second-order valence-corrected chi connectivity index (χ2v) is 10.2. The van der Waals surface area contributed by atoms with Gasteiger partial charge in [0.05, 0.1) is 12.5 Å². The number of carbonyl (C=O) groups is 5. The third kappa shape index (κ3) is 8.64. The summed E-state index contributed by atoms with van der Waals surface area (Å²) in [5.74, 6) is -4.81. The molecule has 0 bridgehead atoms. The lowest BCUT2D eigenvalue weighted by atomic mass is 10.0. The van der Waals surface area contributed by atoms with Crippen LogP contribution in [0.25, 0.3) is 10.9 Å². The van der Waals surface area contributed by atoms with Gasteiger partial charge in [0.2, 0.25) is 23.6 Å². The highest BCUT2D eigenvalue weighted by atomic mass is 16.4. The maximum atomic E-state index is 13.2. The van der Waals surface area contributed by atoms with Crippen LogP contribution in [0.3, 0.4) is 0 Å². The quantitative estimate of drug-likeness (QED) is 0.146. The number of nitrogens with two attached hydrogens (primary N) is 2. The first kappa shape index (κ1) is 30.8. The highest BCUT2D eigenvalue weighted by molar-refractivity contribution is 5.96. The Morgan fingerprint density at radius 2 is 1.46 bits per heavy atom. The molecule has 2 aromatic carbocycles. The summed E-state index contributed by atoms with van der Waals surface area (Å²) in [6, 6.07) is 11.6. The van der Waals surface area contributed by atoms with Gasteiger partial charge in [-0.1, -0.05) is 62.4 Å². The van der Waals surface area contributed by atoms with E-state index in [1.165, 1.54) is 0 Å². The molecule has 9 N–H and O–H groups in total. The van der Waals surface area contributed by atoms with E-state index in [0.717, 1.165) is 16.5 Å². The molecular formula is C29H36N6O6. The zero-order valence-corrected chi connectivity index (χ0v) is 22.9. The number of nitrogens with one attached hydrogen (secondary N) is 4. The van der Waals surface area contributed by atoms with Gasteiger partial charge >= 0.3 is 5.97 Å². The summed E-state index contributed by atoms with van der Waals surface area (Å²) in [6.45, 7) is 3.39. The molecule has 0 aliphatic rings. The third-order valence-electron chi connectivity index (χ3n) is 6.63. The number of carboxylic acids is 1. The predicted molar refractivity (Wildman–Crippen MR) is 152 cm³/mol. The lowest BCUT2D eigenvalue weighted by Crippen LogP contribution is -2.59. The van der Waals surface area contributed by atoms with Gasteiger partial charge in [-0.05, 0) is 29.5 Å². The Labute approximate surface area is 237 Å². The lowest BCUT2D eigenvalue weighted by Gasteiger charge is -2.26. The van der Waals surface area contributed by atoms with Gasteiger partial charge in [0.15, 0.2) is 0 Å². The molecule has 1 aromatic heterocycles. The fourth-order valence-corrected chi connectivity index (χ4v) is 4.42. The van der Waals surface area contributed by atoms with Gasteiger partial charge in [0.25, 0.3) is 0 Å². The maximum absolute atomic E-state index is 13.2. The molecule has 12 heteroatoms. The molecular weight excluding hydrogens is 528 g/mol. The minimum Gasteiger partial charge on any atom is -0.480 e. The molecule has 4 amide bonds. The van der Waals surface area contributed by atoms with Crippen molar-refractivity contribution in [3.05, 3.63) is 71.9 Å². The van der Waals surface area contributed by atoms with Crippen LogP contribution in [0.1, 0.15) is 31.4 Å². The first-order valence-corrected chi connectivity index (χ1v) is 13.2. The van der Waals surface area contributed by atoms with Gasteiger partial charge < -0.3 is 37.5 Å². The van der Waals surface area contributed by atoms with Crippen LogP contribution >= 0.6 is 0 Å². The molecule has 3 aromatic rings. The summed E-state index contributed by atoms with van der Waals surface area (Å²) in [6.07, 6.45) is 1.28. The van der Waals surface area contributed by atoms with Crippen molar-refractivity contribution in [2.45, 2.75) is 57.3 Å². The molecule has 0 radical (unpaired) electrons. The number of hydrogen-bond donors (Lipinski definition) is 7. The summed E-state index contributed by atoms with van der Waals surface area (Å²) in [7, 11) is 0. The number of para-hydroxylation sites is 1. The topological polar surface area (TPSA) is 209 Å². The van der Waals surface area contributed by atoms with Gasteiger partial charge in [-0.25, -0.2) is 4.79 Å². The number of aromatic amines is 1. The van der Waals surface area contributed by atoms with Crippen LogP contribution in [-0.2, 0) is 36.8 Å². The molecule has 3 rings (SSSR count). The van der Waals surface area contributed by atoms with Gasteiger partial charge in [0, 0.05) is 23.5 Å². The summed E-state index contributed by atoms with van der Waals surface area (Å²) in [5, 5.41) is 18.1. The molecule has 218 valence electrons. The summed E-state index contributed by atoms with van der Waals surface area (Å²) < 4.78 is 0. The van der Waals surface area contributed by atoms with Gasteiger partial charge in [-0.15, -0.1) is 0 Å². The molecule has 1 heterocycles. The summed E-state index contributed by atoms with van der Waals surface area (Å²) in [5.41, 5.74) is 13.7. The van der Waals surface area contributed by atoms with E-state index in [4.69, 9.17) is 11.5 Å². The fraction of sp³-hybridized carbons (Fsp3) is 0.345. The average Bonchev–Trinajstić information content (AvgIpc) is 3.33. The van der Waals surface area contributed by atoms with E-state index in [1.807, 2.05) is 54.6 Å². The maximum Gasteiger partial charge on any atom is 0.326 e. The SMILES string of the molecule is CC(C)C(NC(=O)C(N)Cc1ccccc1)C(=O)NC(CC(N)=O)C(=O)NC(Cc1c[nH]c2ccccc12)C(=O)O. The predicted octanol–water partition coefficient (Wildman–Crippen LogP) is 0.351. The number of carboxylic acid groups (broad SMARTS) is 1. The van der Waals surface area contributed by atoms with Gasteiger partial charge in [-0.2, -0.15) is 0 Å². The van der Waals surface area contributed by atoms with Crippen molar-refractivity contribution < 1.29 is 29.1 Å². The molecule has 4 atom stereocenters. The van der Waals surface area contributed by atoms with E-state index >= 15 is 0 Å². The van der Waals surface area contributed by atoms with Crippen molar-refractivity contribution in [2.24, 2.45) is 17.4 Å². The first-order chi connectivity index (χ1) is 19.5. The van der Waals surface area contributed by atoms with Gasteiger partial charge in [-0.3, -0.25) is 19.2 Å². The number of primary amides is 1. The molecule has 0 fully saturated rings. The largest absolute Gasteiger partial charge is 0.480 e. The van der Waals surface area contributed by atoms with Crippen molar-refractivity contribution in [3.63, 3.8) is 0 Å². The van der Waals surface area contributed by atoms with Crippen LogP contribution < -0.4 is 27.4 Å². The highest BCUT2D eigenvalue weighted by Gasteiger charge is 2.32. The number of benzene rings is 2. The number of rotatable bonds is 14. The molecule has 4 unspecified atom stereocenters. The Morgan fingerprint density at radius 3 is 2.10 bits per heavy atom. The summed E-state index contributed by atoms with van der Waals surface area (Å²) >= 11 is 0. The average molecular weight is 565 g/mol. The second-order valence-electron chi connectivity index (χ2n) is 10.2. The van der Waals surface area contributed by atoms with Crippen LogP contribution in [-0.4, -0.2) is 63.9 Å². The Kier molecular flexibility index (Phi) is 10.6. The van der Waals surface area contributed by atoms with Crippen LogP contribution in [0.15, 0.2) is 60.8 Å². The monoisotopic (exact) mass is 564 g/mol. The van der Waals surface area contributed by atoms with E-state index < -0.39 is 66.1 Å².